The van der Waals surface area contributed by atoms with Gasteiger partial charge in [0.15, 0.2) is 6.61 Å². The van der Waals surface area contributed by atoms with Crippen molar-refractivity contribution in [3.05, 3.63) is 59.7 Å². The van der Waals surface area contributed by atoms with E-state index < -0.39 is 5.91 Å². The third-order valence-electron chi connectivity index (χ3n) is 4.03. The summed E-state index contributed by atoms with van der Waals surface area (Å²) in [6.07, 6.45) is 0.0828. The summed E-state index contributed by atoms with van der Waals surface area (Å²) in [7, 11) is 0. The van der Waals surface area contributed by atoms with Crippen LogP contribution in [0.25, 0.3) is 0 Å². The Labute approximate surface area is 170 Å². The van der Waals surface area contributed by atoms with Crippen molar-refractivity contribution < 1.29 is 19.1 Å². The van der Waals surface area contributed by atoms with Crippen molar-refractivity contribution >= 4 is 11.8 Å². The summed E-state index contributed by atoms with van der Waals surface area (Å²) in [5.41, 5.74) is 6.16. The minimum absolute atomic E-state index is 0.0665. The van der Waals surface area contributed by atoms with Crippen molar-refractivity contribution in [1.29, 1.82) is 5.26 Å². The highest BCUT2D eigenvalue weighted by Crippen LogP contribution is 2.24. The van der Waals surface area contributed by atoms with E-state index in [1.165, 1.54) is 5.56 Å². The van der Waals surface area contributed by atoms with Crippen molar-refractivity contribution in [2.45, 2.75) is 32.6 Å². The summed E-state index contributed by atoms with van der Waals surface area (Å²) < 4.78 is 10.8. The van der Waals surface area contributed by atoms with Crippen LogP contribution in [0.1, 0.15) is 38.3 Å². The highest BCUT2D eigenvalue weighted by atomic mass is 16.5. The number of carbonyl (C=O) groups is 2. The lowest BCUT2D eigenvalue weighted by atomic mass is 9.87. The van der Waals surface area contributed by atoms with E-state index in [4.69, 9.17) is 14.7 Å². The van der Waals surface area contributed by atoms with E-state index >= 15 is 0 Å². The molecule has 0 fully saturated rings. The number of benzene rings is 2. The fourth-order valence-corrected chi connectivity index (χ4v) is 2.38. The summed E-state index contributed by atoms with van der Waals surface area (Å²) in [6.45, 7) is 6.26. The fourth-order valence-electron chi connectivity index (χ4n) is 2.38. The second-order valence-corrected chi connectivity index (χ2v) is 7.37. The molecule has 0 aromatic heterocycles. The molecule has 0 radical (unpaired) electrons. The van der Waals surface area contributed by atoms with E-state index in [0.29, 0.717) is 17.1 Å². The second-order valence-electron chi connectivity index (χ2n) is 7.37. The predicted molar refractivity (Wildman–Crippen MR) is 108 cm³/mol. The first kappa shape index (κ1) is 21.8. The summed E-state index contributed by atoms with van der Waals surface area (Å²) in [6, 6.07) is 16.3. The number of nitrogens with zero attached hydrogens (tertiary/aromatic N) is 1. The van der Waals surface area contributed by atoms with Crippen LogP contribution in [-0.4, -0.2) is 25.0 Å². The number of ether oxygens (including phenoxy) is 2. The molecule has 7 heteroatoms. The zero-order valence-electron chi connectivity index (χ0n) is 16.8. The molecule has 2 aromatic rings. The minimum atomic E-state index is -0.537. The molecule has 0 aliphatic rings. The lowest BCUT2D eigenvalue weighted by Crippen LogP contribution is -2.44. The monoisotopic (exact) mass is 395 g/mol. The molecule has 0 saturated carbocycles. The Kier molecular flexibility index (Phi) is 7.61. The van der Waals surface area contributed by atoms with Crippen LogP contribution in [0, 0.1) is 11.3 Å². The van der Waals surface area contributed by atoms with Gasteiger partial charge < -0.3 is 9.47 Å². The average Bonchev–Trinajstić information content (AvgIpc) is 2.70. The van der Waals surface area contributed by atoms with E-state index in [1.54, 1.807) is 24.3 Å². The van der Waals surface area contributed by atoms with Crippen molar-refractivity contribution in [3.63, 3.8) is 0 Å². The van der Waals surface area contributed by atoms with Gasteiger partial charge in [-0.25, -0.2) is 0 Å². The molecule has 2 N–H and O–H groups in total. The van der Waals surface area contributed by atoms with E-state index in [0.717, 1.165) is 0 Å². The summed E-state index contributed by atoms with van der Waals surface area (Å²) in [4.78, 5) is 23.6. The average molecular weight is 395 g/mol. The maximum absolute atomic E-state index is 11.8. The van der Waals surface area contributed by atoms with Crippen molar-refractivity contribution in [2.75, 3.05) is 13.2 Å². The number of rotatable bonds is 7. The van der Waals surface area contributed by atoms with Gasteiger partial charge in [-0.05, 0) is 35.2 Å². The maximum Gasteiger partial charge on any atom is 0.276 e. The van der Waals surface area contributed by atoms with Crippen molar-refractivity contribution in [3.8, 4) is 17.6 Å². The second kappa shape index (κ2) is 10.1. The molecule has 7 nitrogen and oxygen atoms in total. The van der Waals surface area contributed by atoms with Gasteiger partial charge in [-0.3, -0.25) is 20.4 Å². The molecule has 0 unspecified atom stereocenters. The van der Waals surface area contributed by atoms with Gasteiger partial charge in [0.2, 0.25) is 5.91 Å². The molecular weight excluding hydrogens is 370 g/mol. The van der Waals surface area contributed by atoms with Gasteiger partial charge in [-0.15, -0.1) is 0 Å². The van der Waals surface area contributed by atoms with Gasteiger partial charge in [0.25, 0.3) is 5.91 Å². The molecule has 2 aromatic carbocycles. The van der Waals surface area contributed by atoms with Crippen molar-refractivity contribution in [1.82, 2.24) is 10.9 Å². The van der Waals surface area contributed by atoms with E-state index in [9.17, 15) is 9.59 Å². The van der Waals surface area contributed by atoms with E-state index in [1.807, 2.05) is 30.3 Å². The van der Waals surface area contributed by atoms with Gasteiger partial charge in [0.1, 0.15) is 17.6 Å². The number of nitriles is 1. The molecule has 29 heavy (non-hydrogen) atoms. The first-order chi connectivity index (χ1) is 13.8. The van der Waals surface area contributed by atoms with Gasteiger partial charge >= 0.3 is 0 Å². The molecule has 0 bridgehead atoms. The Morgan fingerprint density at radius 1 is 0.966 bits per heavy atom. The lowest BCUT2D eigenvalue weighted by molar-refractivity contribution is -0.130. The number of hydrogen-bond donors (Lipinski definition) is 2. The first-order valence-corrected chi connectivity index (χ1v) is 9.22. The van der Waals surface area contributed by atoms with E-state index in [2.05, 4.69) is 31.6 Å². The molecule has 0 aliphatic heterocycles. The number of para-hydroxylation sites is 1. The topological polar surface area (TPSA) is 100 Å². The Morgan fingerprint density at radius 3 is 2.28 bits per heavy atom. The molecule has 0 atom stereocenters. The Hall–Kier alpha value is -3.53. The largest absolute Gasteiger partial charge is 0.493 e. The molecule has 0 spiro atoms. The Morgan fingerprint density at radius 2 is 1.62 bits per heavy atom. The van der Waals surface area contributed by atoms with Crippen LogP contribution >= 0.6 is 0 Å². The van der Waals surface area contributed by atoms with Crippen LogP contribution < -0.4 is 20.3 Å². The van der Waals surface area contributed by atoms with Gasteiger partial charge in [-0.2, -0.15) is 5.26 Å². The summed E-state index contributed by atoms with van der Waals surface area (Å²) in [5.74, 6) is 0.0635. The maximum atomic E-state index is 11.8. The highest BCUT2D eigenvalue weighted by Gasteiger charge is 2.13. The molecule has 0 aliphatic carbocycles. The Balaban J connectivity index is 1.66. The summed E-state index contributed by atoms with van der Waals surface area (Å²) >= 11 is 0. The van der Waals surface area contributed by atoms with Gasteiger partial charge in [0.05, 0.1) is 18.6 Å². The fraction of sp³-hybridized carbons (Fsp3) is 0.318. The molecular formula is C22H25N3O4. The van der Waals surface area contributed by atoms with Gasteiger partial charge in [-0.1, -0.05) is 45.0 Å². The number of amides is 2. The third-order valence-corrected chi connectivity index (χ3v) is 4.03. The Bertz CT molecular complexity index is 880. The first-order valence-electron chi connectivity index (χ1n) is 9.22. The SMILES string of the molecule is CC(C)(C)c1ccc(OCCC(=O)NNC(=O)COc2ccccc2C#N)cc1. The summed E-state index contributed by atoms with van der Waals surface area (Å²) in [5, 5.41) is 8.97. The van der Waals surface area contributed by atoms with Crippen LogP contribution in [0.15, 0.2) is 48.5 Å². The number of hydrogen-bond acceptors (Lipinski definition) is 5. The zero-order valence-corrected chi connectivity index (χ0v) is 16.8. The number of nitrogens with one attached hydrogen (secondary N) is 2. The smallest absolute Gasteiger partial charge is 0.276 e. The van der Waals surface area contributed by atoms with Crippen LogP contribution in [0.4, 0.5) is 0 Å². The molecule has 2 rings (SSSR count). The molecule has 0 heterocycles. The molecule has 0 saturated heterocycles. The van der Waals surface area contributed by atoms with Crippen LogP contribution in [0.2, 0.25) is 0 Å². The van der Waals surface area contributed by atoms with Crippen LogP contribution in [0.3, 0.4) is 0 Å². The van der Waals surface area contributed by atoms with E-state index in [-0.39, 0.29) is 31.0 Å². The number of carbonyl (C=O) groups excluding carboxylic acids is 2. The quantitative estimate of drug-likeness (QED) is 0.702. The molecule has 2 amide bonds. The minimum Gasteiger partial charge on any atom is -0.493 e. The van der Waals surface area contributed by atoms with Gasteiger partial charge in [0, 0.05) is 0 Å². The zero-order chi connectivity index (χ0) is 21.3. The highest BCUT2D eigenvalue weighted by molar-refractivity contribution is 5.82. The van der Waals surface area contributed by atoms with Crippen LogP contribution in [-0.2, 0) is 15.0 Å². The van der Waals surface area contributed by atoms with Crippen molar-refractivity contribution in [2.24, 2.45) is 0 Å². The third kappa shape index (κ3) is 7.18. The van der Waals surface area contributed by atoms with Crippen LogP contribution in [0.5, 0.6) is 11.5 Å². The lowest BCUT2D eigenvalue weighted by Gasteiger charge is -2.19. The molecule has 152 valence electrons. The normalized spacial score (nSPS) is 10.6. The standard InChI is InChI=1S/C22H25N3O4/c1-22(2,3)17-8-10-18(11-9-17)28-13-12-20(26)24-25-21(27)15-29-19-7-5-4-6-16(19)14-23/h4-11H,12-13,15H2,1-3H3,(H,24,26)(H,25,27). The number of hydrazine groups is 1. The predicted octanol–water partition coefficient (Wildman–Crippen LogP) is 2.85.